The lowest BCUT2D eigenvalue weighted by Crippen LogP contribution is -2.43. The number of ether oxygens (including phenoxy) is 2. The van der Waals surface area contributed by atoms with Crippen LogP contribution < -0.4 is 9.47 Å². The molecule has 7 nitrogen and oxygen atoms in total. The summed E-state index contributed by atoms with van der Waals surface area (Å²) in [5.74, 6) is 1.24. The highest BCUT2D eigenvalue weighted by Crippen LogP contribution is 2.25. The summed E-state index contributed by atoms with van der Waals surface area (Å²) in [7, 11) is 0. The van der Waals surface area contributed by atoms with Gasteiger partial charge in [0.15, 0.2) is 12.7 Å². The van der Waals surface area contributed by atoms with Crippen molar-refractivity contribution in [2.75, 3.05) is 32.8 Å². The van der Waals surface area contributed by atoms with Gasteiger partial charge in [0.05, 0.1) is 0 Å². The zero-order valence-corrected chi connectivity index (χ0v) is 19.3. The Balaban J connectivity index is 1.52. The van der Waals surface area contributed by atoms with E-state index in [-0.39, 0.29) is 24.2 Å². The van der Waals surface area contributed by atoms with E-state index in [1.165, 1.54) is 12.1 Å². The van der Waals surface area contributed by atoms with Gasteiger partial charge in [-0.3, -0.25) is 9.59 Å². The molecule has 1 aliphatic heterocycles. The van der Waals surface area contributed by atoms with E-state index in [0.717, 1.165) is 22.4 Å². The lowest BCUT2D eigenvalue weighted by molar-refractivity contribution is -0.138. The van der Waals surface area contributed by atoms with Crippen LogP contribution in [0.2, 0.25) is 0 Å². The third-order valence-corrected chi connectivity index (χ3v) is 5.87. The Kier molecular flexibility index (Phi) is 7.62. The SMILES string of the molecule is Cc1ccc(C)c(OCC(=O)N2CCCN(C(=O)C(C)Oc3ccc(O)cc3)CC2)c1C. The largest absolute Gasteiger partial charge is 0.508 e. The van der Waals surface area contributed by atoms with Gasteiger partial charge in [0.1, 0.15) is 17.2 Å². The average molecular weight is 441 g/mol. The van der Waals surface area contributed by atoms with E-state index in [9.17, 15) is 14.7 Å². The van der Waals surface area contributed by atoms with Crippen LogP contribution in [0.5, 0.6) is 17.2 Å². The highest BCUT2D eigenvalue weighted by molar-refractivity contribution is 5.81. The summed E-state index contributed by atoms with van der Waals surface area (Å²) in [4.78, 5) is 29.1. The predicted molar refractivity (Wildman–Crippen MR) is 122 cm³/mol. The molecule has 0 bridgehead atoms. The number of rotatable bonds is 6. The molecular formula is C25H32N2O5. The molecule has 2 aromatic carbocycles. The van der Waals surface area contributed by atoms with Gasteiger partial charge < -0.3 is 24.4 Å². The van der Waals surface area contributed by atoms with Gasteiger partial charge in [-0.25, -0.2) is 0 Å². The molecule has 7 heteroatoms. The molecule has 0 aliphatic carbocycles. The van der Waals surface area contributed by atoms with Crippen LogP contribution in [0, 0.1) is 20.8 Å². The Morgan fingerprint density at radius 2 is 1.56 bits per heavy atom. The third-order valence-electron chi connectivity index (χ3n) is 5.87. The predicted octanol–water partition coefficient (Wildman–Crippen LogP) is 3.22. The maximum Gasteiger partial charge on any atom is 0.263 e. The summed E-state index contributed by atoms with van der Waals surface area (Å²) in [5.41, 5.74) is 3.19. The summed E-state index contributed by atoms with van der Waals surface area (Å²) >= 11 is 0. The van der Waals surface area contributed by atoms with E-state index >= 15 is 0 Å². The van der Waals surface area contributed by atoms with Gasteiger partial charge in [0, 0.05) is 26.2 Å². The summed E-state index contributed by atoms with van der Waals surface area (Å²) in [6, 6.07) is 10.3. The molecule has 1 aliphatic rings. The van der Waals surface area contributed by atoms with Gasteiger partial charge in [0.2, 0.25) is 0 Å². The molecule has 0 saturated carbocycles. The van der Waals surface area contributed by atoms with Gasteiger partial charge in [-0.1, -0.05) is 12.1 Å². The lowest BCUT2D eigenvalue weighted by Gasteiger charge is -2.25. The minimum absolute atomic E-state index is 0.0144. The zero-order valence-electron chi connectivity index (χ0n) is 19.3. The molecule has 1 fully saturated rings. The van der Waals surface area contributed by atoms with Crippen LogP contribution in [0.3, 0.4) is 0 Å². The standard InChI is InChI=1S/C25H32N2O5/c1-17-6-7-18(2)24(19(17)3)31-16-23(29)26-12-5-13-27(15-14-26)25(30)20(4)32-22-10-8-21(28)9-11-22/h6-11,20,28H,5,12-16H2,1-4H3. The van der Waals surface area contributed by atoms with E-state index in [1.807, 2.05) is 32.9 Å². The number of phenols is 1. The number of carbonyl (C=O) groups is 2. The maximum atomic E-state index is 12.8. The van der Waals surface area contributed by atoms with Gasteiger partial charge in [-0.2, -0.15) is 0 Å². The summed E-state index contributed by atoms with van der Waals surface area (Å²) in [6.07, 6.45) is 0.0451. The summed E-state index contributed by atoms with van der Waals surface area (Å²) < 4.78 is 11.6. The zero-order chi connectivity index (χ0) is 23.3. The molecule has 3 rings (SSSR count). The Morgan fingerprint density at radius 1 is 0.938 bits per heavy atom. The first-order valence-electron chi connectivity index (χ1n) is 11.0. The van der Waals surface area contributed by atoms with Crippen molar-refractivity contribution in [3.63, 3.8) is 0 Å². The minimum Gasteiger partial charge on any atom is -0.508 e. The van der Waals surface area contributed by atoms with Gasteiger partial charge in [0.25, 0.3) is 11.8 Å². The molecule has 2 amide bonds. The molecule has 1 unspecified atom stereocenters. The molecule has 0 aromatic heterocycles. The van der Waals surface area contributed by atoms with Crippen LogP contribution in [-0.2, 0) is 9.59 Å². The monoisotopic (exact) mass is 440 g/mol. The topological polar surface area (TPSA) is 79.3 Å². The number of amides is 2. The van der Waals surface area contributed by atoms with Crippen LogP contribution in [0.4, 0.5) is 0 Å². The number of benzene rings is 2. The van der Waals surface area contributed by atoms with Crippen molar-refractivity contribution in [2.45, 2.75) is 40.2 Å². The number of aromatic hydroxyl groups is 1. The Morgan fingerprint density at radius 3 is 2.28 bits per heavy atom. The van der Waals surface area contributed by atoms with Gasteiger partial charge >= 0.3 is 0 Å². The van der Waals surface area contributed by atoms with E-state index < -0.39 is 6.10 Å². The van der Waals surface area contributed by atoms with Crippen molar-refractivity contribution in [3.8, 4) is 17.2 Å². The highest BCUT2D eigenvalue weighted by Gasteiger charge is 2.26. The number of carbonyl (C=O) groups excluding carboxylic acids is 2. The van der Waals surface area contributed by atoms with Crippen LogP contribution in [0.25, 0.3) is 0 Å². The number of aryl methyl sites for hydroxylation is 2. The van der Waals surface area contributed by atoms with E-state index in [2.05, 4.69) is 0 Å². The Labute approximate surface area is 189 Å². The normalized spacial score (nSPS) is 15.1. The number of hydrogen-bond acceptors (Lipinski definition) is 5. The van der Waals surface area contributed by atoms with Crippen molar-refractivity contribution in [1.82, 2.24) is 9.80 Å². The molecule has 0 radical (unpaired) electrons. The van der Waals surface area contributed by atoms with Crippen molar-refractivity contribution in [2.24, 2.45) is 0 Å². The molecule has 1 saturated heterocycles. The second-order valence-electron chi connectivity index (χ2n) is 8.26. The van der Waals surface area contributed by atoms with Crippen LogP contribution in [0.1, 0.15) is 30.0 Å². The van der Waals surface area contributed by atoms with Gasteiger partial charge in [-0.15, -0.1) is 0 Å². The van der Waals surface area contributed by atoms with Crippen LogP contribution in [-0.4, -0.2) is 65.6 Å². The fourth-order valence-electron chi connectivity index (χ4n) is 3.80. The first-order valence-corrected chi connectivity index (χ1v) is 11.0. The lowest BCUT2D eigenvalue weighted by atomic mass is 10.1. The van der Waals surface area contributed by atoms with Crippen LogP contribution in [0.15, 0.2) is 36.4 Å². The van der Waals surface area contributed by atoms with Crippen molar-refractivity contribution < 1.29 is 24.2 Å². The molecule has 0 spiro atoms. The second kappa shape index (κ2) is 10.4. The highest BCUT2D eigenvalue weighted by atomic mass is 16.5. The summed E-state index contributed by atoms with van der Waals surface area (Å²) in [6.45, 7) is 9.77. The first-order chi connectivity index (χ1) is 15.3. The molecule has 172 valence electrons. The number of phenolic OH excluding ortho intramolecular Hbond substituents is 1. The molecule has 1 atom stereocenters. The molecule has 2 aromatic rings. The van der Waals surface area contributed by atoms with E-state index in [0.29, 0.717) is 38.3 Å². The van der Waals surface area contributed by atoms with Crippen molar-refractivity contribution in [1.29, 1.82) is 0 Å². The maximum absolute atomic E-state index is 12.8. The molecular weight excluding hydrogens is 408 g/mol. The molecule has 32 heavy (non-hydrogen) atoms. The number of nitrogens with zero attached hydrogens (tertiary/aromatic N) is 2. The minimum atomic E-state index is -0.655. The smallest absolute Gasteiger partial charge is 0.263 e. The van der Waals surface area contributed by atoms with Gasteiger partial charge in [-0.05, 0) is 75.1 Å². The first kappa shape index (κ1) is 23.4. The molecule has 1 heterocycles. The quantitative estimate of drug-likeness (QED) is 0.746. The van der Waals surface area contributed by atoms with E-state index in [1.54, 1.807) is 28.9 Å². The van der Waals surface area contributed by atoms with Crippen molar-refractivity contribution >= 4 is 11.8 Å². The third kappa shape index (κ3) is 5.72. The second-order valence-corrected chi connectivity index (χ2v) is 8.26. The fourth-order valence-corrected chi connectivity index (χ4v) is 3.80. The fraction of sp³-hybridized carbons (Fsp3) is 0.440. The average Bonchev–Trinajstić information content (AvgIpc) is 3.03. The van der Waals surface area contributed by atoms with E-state index in [4.69, 9.17) is 9.47 Å². The Bertz CT molecular complexity index is 958. The van der Waals surface area contributed by atoms with Crippen LogP contribution >= 0.6 is 0 Å². The van der Waals surface area contributed by atoms with Crippen molar-refractivity contribution in [3.05, 3.63) is 53.1 Å². The Hall–Kier alpha value is -3.22. The number of hydrogen-bond donors (Lipinski definition) is 1. The molecule has 1 N–H and O–H groups in total. The summed E-state index contributed by atoms with van der Waals surface area (Å²) in [5, 5.41) is 9.37.